The molecular formula is C11H20N2O6. The molecule has 0 unspecified atom stereocenters. The van der Waals surface area contributed by atoms with Gasteiger partial charge < -0.3 is 25.2 Å². The van der Waals surface area contributed by atoms with Crippen LogP contribution in [-0.4, -0.2) is 64.9 Å². The molecule has 0 aliphatic rings. The summed E-state index contributed by atoms with van der Waals surface area (Å²) in [6, 6.07) is -0.908. The Morgan fingerprint density at radius 1 is 1.32 bits per heavy atom. The summed E-state index contributed by atoms with van der Waals surface area (Å²) in [6.45, 7) is 4.60. The van der Waals surface area contributed by atoms with E-state index in [9.17, 15) is 14.4 Å². The fraction of sp³-hybridized carbons (Fsp3) is 0.727. The fourth-order valence-electron chi connectivity index (χ4n) is 1.21. The highest BCUT2D eigenvalue weighted by molar-refractivity contribution is 5.81. The number of carbonyl (C=O) groups excluding carboxylic acids is 2. The number of aliphatic hydroxyl groups excluding tert-OH is 1. The van der Waals surface area contributed by atoms with Crippen molar-refractivity contribution in [3.8, 4) is 0 Å². The number of ether oxygens (including phenoxy) is 1. The van der Waals surface area contributed by atoms with E-state index in [0.29, 0.717) is 0 Å². The highest BCUT2D eigenvalue weighted by atomic mass is 16.5. The average Bonchev–Trinajstić information content (AvgIpc) is 2.32. The molecule has 0 aliphatic carbocycles. The molecule has 0 aromatic carbocycles. The minimum atomic E-state index is -1.68. The van der Waals surface area contributed by atoms with Crippen LogP contribution in [0.5, 0.6) is 0 Å². The van der Waals surface area contributed by atoms with Crippen molar-refractivity contribution in [2.75, 3.05) is 19.7 Å². The van der Waals surface area contributed by atoms with E-state index in [2.05, 4.69) is 5.32 Å². The number of carboxylic acid groups (broad SMARTS) is 1. The van der Waals surface area contributed by atoms with Crippen LogP contribution in [0, 0.1) is 0 Å². The number of carbonyl (C=O) groups is 3. The molecule has 0 rings (SSSR count). The Kier molecular flexibility index (Phi) is 7.50. The molecule has 1 atom stereocenters. The normalized spacial score (nSPS) is 11.8. The number of aliphatic hydroxyl groups is 1. The van der Waals surface area contributed by atoms with Gasteiger partial charge in [0.2, 0.25) is 0 Å². The van der Waals surface area contributed by atoms with Crippen molar-refractivity contribution in [3.05, 3.63) is 0 Å². The fourth-order valence-corrected chi connectivity index (χ4v) is 1.21. The van der Waals surface area contributed by atoms with E-state index < -0.39 is 30.6 Å². The van der Waals surface area contributed by atoms with Gasteiger partial charge in [0.25, 0.3) is 0 Å². The SMILES string of the molecule is CCOC(=O)CN(C(=O)NC[C@H](O)C(=O)O)C(C)C. The maximum Gasteiger partial charge on any atom is 0.334 e. The van der Waals surface area contributed by atoms with Gasteiger partial charge in [-0.3, -0.25) is 4.79 Å². The van der Waals surface area contributed by atoms with E-state index in [4.69, 9.17) is 14.9 Å². The summed E-state index contributed by atoms with van der Waals surface area (Å²) in [4.78, 5) is 34.7. The number of urea groups is 1. The second kappa shape index (κ2) is 8.30. The maximum atomic E-state index is 11.8. The number of amides is 2. The van der Waals surface area contributed by atoms with Crippen LogP contribution in [0.1, 0.15) is 20.8 Å². The summed E-state index contributed by atoms with van der Waals surface area (Å²) in [6.07, 6.45) is -1.68. The van der Waals surface area contributed by atoms with Crippen LogP contribution in [0.4, 0.5) is 4.79 Å². The Bertz CT molecular complexity index is 331. The molecule has 110 valence electrons. The zero-order valence-corrected chi connectivity index (χ0v) is 11.3. The van der Waals surface area contributed by atoms with Gasteiger partial charge >= 0.3 is 18.0 Å². The van der Waals surface area contributed by atoms with Gasteiger partial charge in [-0.2, -0.15) is 0 Å². The summed E-state index contributed by atoms with van der Waals surface area (Å²) < 4.78 is 4.73. The van der Waals surface area contributed by atoms with Crippen LogP contribution in [0.15, 0.2) is 0 Å². The smallest absolute Gasteiger partial charge is 0.334 e. The van der Waals surface area contributed by atoms with E-state index in [-0.39, 0.29) is 19.2 Å². The van der Waals surface area contributed by atoms with E-state index in [0.717, 1.165) is 0 Å². The quantitative estimate of drug-likeness (QED) is 0.535. The van der Waals surface area contributed by atoms with Gasteiger partial charge in [0.15, 0.2) is 6.10 Å². The number of rotatable bonds is 7. The largest absolute Gasteiger partial charge is 0.479 e. The van der Waals surface area contributed by atoms with E-state index in [1.165, 1.54) is 4.90 Å². The lowest BCUT2D eigenvalue weighted by Crippen LogP contribution is -2.49. The first kappa shape index (κ1) is 17.2. The molecule has 0 bridgehead atoms. The van der Waals surface area contributed by atoms with Crippen molar-refractivity contribution in [3.63, 3.8) is 0 Å². The molecule has 0 radical (unpaired) electrons. The van der Waals surface area contributed by atoms with Crippen molar-refractivity contribution in [1.29, 1.82) is 0 Å². The van der Waals surface area contributed by atoms with Gasteiger partial charge in [0.1, 0.15) is 6.54 Å². The molecule has 0 saturated carbocycles. The zero-order valence-electron chi connectivity index (χ0n) is 11.3. The van der Waals surface area contributed by atoms with Crippen molar-refractivity contribution < 1.29 is 29.3 Å². The van der Waals surface area contributed by atoms with Crippen LogP contribution in [0.2, 0.25) is 0 Å². The zero-order chi connectivity index (χ0) is 15.0. The Morgan fingerprint density at radius 2 is 1.89 bits per heavy atom. The molecule has 0 aromatic heterocycles. The lowest BCUT2D eigenvalue weighted by molar-refractivity contribution is -0.146. The number of esters is 1. The molecule has 8 heteroatoms. The molecule has 8 nitrogen and oxygen atoms in total. The highest BCUT2D eigenvalue weighted by Gasteiger charge is 2.22. The minimum Gasteiger partial charge on any atom is -0.479 e. The number of hydrogen-bond acceptors (Lipinski definition) is 5. The van der Waals surface area contributed by atoms with Crippen LogP contribution in [-0.2, 0) is 14.3 Å². The van der Waals surface area contributed by atoms with Crippen molar-refractivity contribution >= 4 is 18.0 Å². The van der Waals surface area contributed by atoms with Gasteiger partial charge in [-0.1, -0.05) is 0 Å². The Hall–Kier alpha value is -1.83. The van der Waals surface area contributed by atoms with Crippen molar-refractivity contribution in [2.45, 2.75) is 32.9 Å². The summed E-state index contributed by atoms with van der Waals surface area (Å²) in [5.74, 6) is -1.98. The highest BCUT2D eigenvalue weighted by Crippen LogP contribution is 2.00. The second-order valence-electron chi connectivity index (χ2n) is 4.07. The topological polar surface area (TPSA) is 116 Å². The minimum absolute atomic E-state index is 0.212. The standard InChI is InChI=1S/C11H20N2O6/c1-4-19-9(15)6-13(7(2)3)11(18)12-5-8(14)10(16)17/h7-8,14H,4-6H2,1-3H3,(H,12,18)(H,16,17)/t8-/m0/s1. The second-order valence-corrected chi connectivity index (χ2v) is 4.07. The van der Waals surface area contributed by atoms with Gasteiger partial charge in [0, 0.05) is 6.04 Å². The Balaban J connectivity index is 4.42. The van der Waals surface area contributed by atoms with Crippen LogP contribution < -0.4 is 5.32 Å². The third-order valence-corrected chi connectivity index (χ3v) is 2.22. The summed E-state index contributed by atoms with van der Waals surface area (Å²) >= 11 is 0. The molecule has 3 N–H and O–H groups in total. The first-order valence-corrected chi connectivity index (χ1v) is 5.90. The number of carboxylic acids is 1. The van der Waals surface area contributed by atoms with Gasteiger partial charge in [-0.05, 0) is 20.8 Å². The van der Waals surface area contributed by atoms with E-state index in [1.807, 2.05) is 0 Å². The van der Waals surface area contributed by atoms with Crippen molar-refractivity contribution in [2.24, 2.45) is 0 Å². The van der Waals surface area contributed by atoms with Crippen molar-refractivity contribution in [1.82, 2.24) is 10.2 Å². The summed E-state index contributed by atoms with van der Waals surface area (Å²) in [5, 5.41) is 19.7. The maximum absolute atomic E-state index is 11.8. The lowest BCUT2D eigenvalue weighted by Gasteiger charge is -2.26. The summed E-state index contributed by atoms with van der Waals surface area (Å²) in [7, 11) is 0. The van der Waals surface area contributed by atoms with Gasteiger partial charge in [0.05, 0.1) is 13.2 Å². The van der Waals surface area contributed by atoms with Crippen LogP contribution >= 0.6 is 0 Å². The Morgan fingerprint density at radius 3 is 2.32 bits per heavy atom. The number of nitrogens with one attached hydrogen (secondary N) is 1. The molecule has 2 amide bonds. The first-order valence-electron chi connectivity index (χ1n) is 5.90. The summed E-state index contributed by atoms with van der Waals surface area (Å²) in [5.41, 5.74) is 0. The molecule has 0 fully saturated rings. The molecule has 19 heavy (non-hydrogen) atoms. The monoisotopic (exact) mass is 276 g/mol. The third-order valence-electron chi connectivity index (χ3n) is 2.22. The van der Waals surface area contributed by atoms with Gasteiger partial charge in [-0.25, -0.2) is 9.59 Å². The Labute approximate surface area is 111 Å². The lowest BCUT2D eigenvalue weighted by atomic mass is 10.3. The molecule has 0 aliphatic heterocycles. The third kappa shape index (κ3) is 6.61. The molecular weight excluding hydrogens is 256 g/mol. The average molecular weight is 276 g/mol. The van der Waals surface area contributed by atoms with E-state index in [1.54, 1.807) is 20.8 Å². The van der Waals surface area contributed by atoms with Crippen LogP contribution in [0.25, 0.3) is 0 Å². The van der Waals surface area contributed by atoms with Gasteiger partial charge in [-0.15, -0.1) is 0 Å². The van der Waals surface area contributed by atoms with Crippen LogP contribution in [0.3, 0.4) is 0 Å². The number of aliphatic carboxylic acids is 1. The first-order chi connectivity index (χ1) is 8.79. The number of nitrogens with zero attached hydrogens (tertiary/aromatic N) is 1. The predicted octanol–water partition coefficient (Wildman–Crippen LogP) is -0.585. The van der Waals surface area contributed by atoms with E-state index >= 15 is 0 Å². The number of hydrogen-bond donors (Lipinski definition) is 3. The molecule has 0 heterocycles. The predicted molar refractivity (Wildman–Crippen MR) is 65.5 cm³/mol. The molecule has 0 saturated heterocycles. The molecule has 0 aromatic rings. The molecule has 0 spiro atoms.